The lowest BCUT2D eigenvalue weighted by atomic mass is 9.68. The number of hydrogen-bond donors (Lipinski definition) is 2. The van der Waals surface area contributed by atoms with Crippen molar-refractivity contribution >= 4 is 5.91 Å². The van der Waals surface area contributed by atoms with E-state index in [0.717, 1.165) is 45.3 Å². The predicted octanol–water partition coefficient (Wildman–Crippen LogP) is 0.444. The Morgan fingerprint density at radius 2 is 2.07 bits per heavy atom. The highest BCUT2D eigenvalue weighted by molar-refractivity contribution is 5.83. The summed E-state index contributed by atoms with van der Waals surface area (Å²) in [6, 6.07) is 0.246. The van der Waals surface area contributed by atoms with Crippen molar-refractivity contribution in [2.75, 3.05) is 19.8 Å². The third kappa shape index (κ3) is 2.16. The first-order valence-electron chi connectivity index (χ1n) is 5.76. The normalized spacial score (nSPS) is 25.7. The largest absolute Gasteiger partial charge is 0.395 e. The highest BCUT2D eigenvalue weighted by Crippen LogP contribution is 2.40. The van der Waals surface area contributed by atoms with Gasteiger partial charge in [0.25, 0.3) is 0 Å². The van der Waals surface area contributed by atoms with Crippen molar-refractivity contribution in [1.82, 2.24) is 5.32 Å². The number of aliphatic hydroxyl groups is 1. The third-order valence-electron chi connectivity index (χ3n) is 3.65. The number of ether oxygens (including phenoxy) is 1. The first kappa shape index (κ1) is 10.9. The molecule has 1 aliphatic heterocycles. The van der Waals surface area contributed by atoms with Crippen LogP contribution in [0.4, 0.5) is 0 Å². The van der Waals surface area contributed by atoms with Gasteiger partial charge < -0.3 is 15.2 Å². The average molecular weight is 213 g/mol. The Hall–Kier alpha value is -0.610. The van der Waals surface area contributed by atoms with Crippen LogP contribution in [-0.2, 0) is 9.53 Å². The molecule has 0 spiro atoms. The molecule has 15 heavy (non-hydrogen) atoms. The molecule has 2 aliphatic rings. The number of nitrogens with one attached hydrogen (secondary N) is 1. The molecule has 1 saturated carbocycles. The first-order chi connectivity index (χ1) is 7.27. The summed E-state index contributed by atoms with van der Waals surface area (Å²) in [5, 5.41) is 12.3. The number of amides is 1. The van der Waals surface area contributed by atoms with Crippen molar-refractivity contribution < 1.29 is 14.6 Å². The maximum absolute atomic E-state index is 11.9. The molecule has 0 unspecified atom stereocenters. The van der Waals surface area contributed by atoms with E-state index in [1.54, 1.807) is 0 Å². The van der Waals surface area contributed by atoms with Crippen LogP contribution < -0.4 is 5.32 Å². The summed E-state index contributed by atoms with van der Waals surface area (Å²) in [4.78, 5) is 11.9. The van der Waals surface area contributed by atoms with Crippen LogP contribution in [0.5, 0.6) is 0 Å². The summed E-state index contributed by atoms with van der Waals surface area (Å²) in [5.74, 6) is 0.0446. The molecule has 0 aromatic rings. The molecule has 1 amide bonds. The zero-order valence-corrected chi connectivity index (χ0v) is 9.00. The molecule has 2 N–H and O–H groups in total. The summed E-state index contributed by atoms with van der Waals surface area (Å²) in [7, 11) is 0. The van der Waals surface area contributed by atoms with E-state index in [-0.39, 0.29) is 18.6 Å². The lowest BCUT2D eigenvalue weighted by Gasteiger charge is -2.40. The van der Waals surface area contributed by atoms with E-state index in [1.165, 1.54) is 0 Å². The maximum atomic E-state index is 11.9. The van der Waals surface area contributed by atoms with Crippen molar-refractivity contribution in [1.29, 1.82) is 0 Å². The molecule has 4 nitrogen and oxygen atoms in total. The van der Waals surface area contributed by atoms with E-state index >= 15 is 0 Å². The second kappa shape index (κ2) is 4.49. The second-order valence-electron chi connectivity index (χ2n) is 4.65. The number of carbonyl (C=O) groups excluding carboxylic acids is 1. The molecule has 0 bridgehead atoms. The van der Waals surface area contributed by atoms with Gasteiger partial charge in [-0.15, -0.1) is 0 Å². The molecule has 2 rings (SSSR count). The van der Waals surface area contributed by atoms with Gasteiger partial charge in [0.1, 0.15) is 0 Å². The van der Waals surface area contributed by atoms with Gasteiger partial charge in [-0.3, -0.25) is 4.79 Å². The second-order valence-corrected chi connectivity index (χ2v) is 4.65. The summed E-state index contributed by atoms with van der Waals surface area (Å²) in [6.45, 7) is 1.45. The summed E-state index contributed by atoms with van der Waals surface area (Å²) in [6.07, 6.45) is 4.51. The fourth-order valence-corrected chi connectivity index (χ4v) is 2.24. The standard InChI is InChI=1S/C11H19NO3/c13-8-11(4-1-5-11)10(14)12-9-2-6-15-7-3-9/h9,13H,1-8H2,(H,12,14). The fraction of sp³-hybridized carbons (Fsp3) is 0.909. The third-order valence-corrected chi connectivity index (χ3v) is 3.65. The monoisotopic (exact) mass is 213 g/mol. The number of hydrogen-bond acceptors (Lipinski definition) is 3. The Kier molecular flexibility index (Phi) is 3.26. The van der Waals surface area contributed by atoms with Crippen molar-refractivity contribution in [3.63, 3.8) is 0 Å². The molecule has 1 heterocycles. The number of aliphatic hydroxyl groups excluding tert-OH is 1. The molecular weight excluding hydrogens is 194 g/mol. The van der Waals surface area contributed by atoms with Gasteiger partial charge in [0.15, 0.2) is 0 Å². The van der Waals surface area contributed by atoms with Gasteiger partial charge in [-0.25, -0.2) is 0 Å². The minimum Gasteiger partial charge on any atom is -0.395 e. The van der Waals surface area contributed by atoms with Crippen LogP contribution in [0.2, 0.25) is 0 Å². The van der Waals surface area contributed by atoms with Crippen LogP contribution in [-0.4, -0.2) is 36.9 Å². The summed E-state index contributed by atoms with van der Waals surface area (Å²) >= 11 is 0. The fourth-order valence-electron chi connectivity index (χ4n) is 2.24. The van der Waals surface area contributed by atoms with Gasteiger partial charge in [-0.2, -0.15) is 0 Å². The van der Waals surface area contributed by atoms with Gasteiger partial charge in [-0.05, 0) is 25.7 Å². The van der Waals surface area contributed by atoms with E-state index in [2.05, 4.69) is 5.32 Å². The van der Waals surface area contributed by atoms with Crippen molar-refractivity contribution in [3.05, 3.63) is 0 Å². The van der Waals surface area contributed by atoms with E-state index < -0.39 is 5.41 Å². The lowest BCUT2D eigenvalue weighted by Crippen LogP contribution is -2.52. The number of carbonyl (C=O) groups is 1. The van der Waals surface area contributed by atoms with Crippen LogP contribution in [0.1, 0.15) is 32.1 Å². The van der Waals surface area contributed by atoms with Crippen molar-refractivity contribution in [2.24, 2.45) is 5.41 Å². The average Bonchev–Trinajstić information content (AvgIpc) is 2.18. The topological polar surface area (TPSA) is 58.6 Å². The van der Waals surface area contributed by atoms with Crippen LogP contribution >= 0.6 is 0 Å². The van der Waals surface area contributed by atoms with E-state index in [1.807, 2.05) is 0 Å². The molecule has 4 heteroatoms. The number of rotatable bonds is 3. The smallest absolute Gasteiger partial charge is 0.228 e. The molecule has 2 fully saturated rings. The molecule has 0 aromatic carbocycles. The predicted molar refractivity (Wildman–Crippen MR) is 55.4 cm³/mol. The molecule has 0 radical (unpaired) electrons. The van der Waals surface area contributed by atoms with Crippen LogP contribution in [0.3, 0.4) is 0 Å². The highest BCUT2D eigenvalue weighted by atomic mass is 16.5. The molecule has 86 valence electrons. The SMILES string of the molecule is O=C(NC1CCOCC1)C1(CO)CCC1. The zero-order valence-electron chi connectivity index (χ0n) is 9.00. The Morgan fingerprint density at radius 3 is 2.53 bits per heavy atom. The Balaban J connectivity index is 1.85. The Morgan fingerprint density at radius 1 is 1.40 bits per heavy atom. The van der Waals surface area contributed by atoms with E-state index in [0.29, 0.717) is 0 Å². The van der Waals surface area contributed by atoms with Crippen molar-refractivity contribution in [2.45, 2.75) is 38.1 Å². The maximum Gasteiger partial charge on any atom is 0.228 e. The van der Waals surface area contributed by atoms with E-state index in [4.69, 9.17) is 4.74 Å². The minimum atomic E-state index is -0.460. The van der Waals surface area contributed by atoms with Crippen molar-refractivity contribution in [3.8, 4) is 0 Å². The zero-order chi connectivity index (χ0) is 10.7. The molecular formula is C11H19NO3. The molecule has 1 aliphatic carbocycles. The molecule has 0 atom stereocenters. The van der Waals surface area contributed by atoms with Crippen LogP contribution in [0.15, 0.2) is 0 Å². The van der Waals surface area contributed by atoms with Gasteiger partial charge in [0, 0.05) is 19.3 Å². The summed E-state index contributed by atoms with van der Waals surface area (Å²) in [5.41, 5.74) is -0.460. The highest BCUT2D eigenvalue weighted by Gasteiger charge is 2.44. The van der Waals surface area contributed by atoms with Gasteiger partial charge >= 0.3 is 0 Å². The summed E-state index contributed by atoms with van der Waals surface area (Å²) < 4.78 is 5.23. The van der Waals surface area contributed by atoms with E-state index in [9.17, 15) is 9.90 Å². The first-order valence-corrected chi connectivity index (χ1v) is 5.76. The molecule has 1 saturated heterocycles. The quantitative estimate of drug-likeness (QED) is 0.715. The lowest BCUT2D eigenvalue weighted by molar-refractivity contribution is -0.140. The van der Waals surface area contributed by atoms with Gasteiger partial charge in [0.2, 0.25) is 5.91 Å². The van der Waals surface area contributed by atoms with Gasteiger partial charge in [0.05, 0.1) is 12.0 Å². The Bertz CT molecular complexity index is 226. The minimum absolute atomic E-state index is 0.0119. The molecule has 0 aromatic heterocycles. The van der Waals surface area contributed by atoms with Crippen LogP contribution in [0.25, 0.3) is 0 Å². The van der Waals surface area contributed by atoms with Crippen LogP contribution in [0, 0.1) is 5.41 Å². The van der Waals surface area contributed by atoms with Gasteiger partial charge in [-0.1, -0.05) is 6.42 Å². The Labute approximate surface area is 90.0 Å².